The van der Waals surface area contributed by atoms with Crippen molar-refractivity contribution in [2.75, 3.05) is 25.4 Å². The lowest BCUT2D eigenvalue weighted by Gasteiger charge is -2.35. The Labute approximate surface area is 255 Å². The number of nitrogen functional groups attached to an aromatic ring is 1. The van der Waals surface area contributed by atoms with Crippen LogP contribution in [0.15, 0.2) is 79.4 Å². The fourth-order valence-electron chi connectivity index (χ4n) is 5.47. The number of nitrogens with two attached hydrogens (primary N) is 1. The number of amides is 2. The highest BCUT2D eigenvalue weighted by atomic mass is 35.5. The standard InChI is InChI=1S/C32H33ClN8O2/c33-26-4-1-3-24(15-26)20-40-14-11-28(32(40)43)41(13-2-12-37-31(42)25-9-10-30(35)38-18-25)29(27-19-36-21-39-27)16-22-5-7-23(17-34)8-6-22/h1,3-10,15,18-19,21,28-29H,2,11-14,16,20H2,(H2,35,38)(H,36,39)(H,37,42). The van der Waals surface area contributed by atoms with Gasteiger partial charge in [0.05, 0.1) is 41.3 Å². The van der Waals surface area contributed by atoms with Gasteiger partial charge in [-0.05, 0) is 66.8 Å². The second kappa shape index (κ2) is 14.0. The molecular formula is C32H33ClN8O2. The van der Waals surface area contributed by atoms with Crippen LogP contribution in [-0.4, -0.2) is 62.2 Å². The van der Waals surface area contributed by atoms with Crippen molar-refractivity contribution in [1.82, 2.24) is 30.1 Å². The predicted molar refractivity (Wildman–Crippen MR) is 164 cm³/mol. The maximum atomic E-state index is 13.9. The molecule has 0 spiro atoms. The van der Waals surface area contributed by atoms with Crippen molar-refractivity contribution in [3.8, 4) is 6.07 Å². The Morgan fingerprint density at radius 2 is 2.02 bits per heavy atom. The number of carbonyl (C=O) groups is 2. The minimum atomic E-state index is -0.358. The lowest BCUT2D eigenvalue weighted by molar-refractivity contribution is -0.133. The number of hydrogen-bond donors (Lipinski definition) is 3. The lowest BCUT2D eigenvalue weighted by Crippen LogP contribution is -2.45. The average molecular weight is 597 g/mol. The average Bonchev–Trinajstić information content (AvgIpc) is 3.67. The van der Waals surface area contributed by atoms with E-state index >= 15 is 0 Å². The minimum Gasteiger partial charge on any atom is -0.384 e. The molecule has 43 heavy (non-hydrogen) atoms. The highest BCUT2D eigenvalue weighted by Gasteiger charge is 2.39. The molecule has 10 nitrogen and oxygen atoms in total. The van der Waals surface area contributed by atoms with Gasteiger partial charge in [0.25, 0.3) is 5.91 Å². The maximum absolute atomic E-state index is 13.9. The SMILES string of the molecule is N#Cc1ccc(CC(c2cnc[nH]2)N(CCCNC(=O)c2ccc(N)nc2)C2CCN(Cc3cccc(Cl)c3)C2=O)cc1. The summed E-state index contributed by atoms with van der Waals surface area (Å²) in [6.07, 6.45) is 6.78. The Morgan fingerprint density at radius 3 is 2.72 bits per heavy atom. The summed E-state index contributed by atoms with van der Waals surface area (Å²) in [6, 6.07) is 19.9. The summed E-state index contributed by atoms with van der Waals surface area (Å²) in [6.45, 7) is 2.08. The lowest BCUT2D eigenvalue weighted by atomic mass is 9.98. The number of rotatable bonds is 12. The molecule has 2 atom stereocenters. The summed E-state index contributed by atoms with van der Waals surface area (Å²) in [5.74, 6) is 0.178. The molecule has 0 radical (unpaired) electrons. The molecule has 1 saturated heterocycles. The highest BCUT2D eigenvalue weighted by Crippen LogP contribution is 2.31. The molecule has 0 saturated carbocycles. The van der Waals surface area contributed by atoms with Crippen LogP contribution in [-0.2, 0) is 17.8 Å². The number of likely N-dealkylation sites (tertiary alicyclic amines) is 1. The van der Waals surface area contributed by atoms with Crippen LogP contribution in [0.4, 0.5) is 5.82 Å². The monoisotopic (exact) mass is 596 g/mol. The van der Waals surface area contributed by atoms with Crippen molar-refractivity contribution in [2.24, 2.45) is 0 Å². The van der Waals surface area contributed by atoms with Gasteiger partial charge in [0.2, 0.25) is 5.91 Å². The van der Waals surface area contributed by atoms with Gasteiger partial charge in [0, 0.05) is 43.6 Å². The Hall–Kier alpha value is -4.72. The van der Waals surface area contributed by atoms with Gasteiger partial charge in [-0.15, -0.1) is 0 Å². The van der Waals surface area contributed by atoms with E-state index in [4.69, 9.17) is 17.3 Å². The molecule has 2 amide bonds. The van der Waals surface area contributed by atoms with Gasteiger partial charge in [-0.25, -0.2) is 9.97 Å². The zero-order valence-corrected chi connectivity index (χ0v) is 24.4. The summed E-state index contributed by atoms with van der Waals surface area (Å²) < 4.78 is 0. The van der Waals surface area contributed by atoms with Crippen molar-refractivity contribution in [3.63, 3.8) is 0 Å². The maximum Gasteiger partial charge on any atom is 0.252 e. The van der Waals surface area contributed by atoms with Crippen LogP contribution in [0.5, 0.6) is 0 Å². The number of halogens is 1. The van der Waals surface area contributed by atoms with Crippen molar-refractivity contribution in [3.05, 3.63) is 112 Å². The van der Waals surface area contributed by atoms with Crippen LogP contribution in [0.1, 0.15) is 51.6 Å². The molecule has 2 aromatic carbocycles. The molecule has 0 bridgehead atoms. The van der Waals surface area contributed by atoms with Gasteiger partial charge in [-0.2, -0.15) is 5.26 Å². The molecule has 4 aromatic rings. The third kappa shape index (κ3) is 7.57. The Balaban J connectivity index is 1.35. The smallest absolute Gasteiger partial charge is 0.252 e. The second-order valence-electron chi connectivity index (χ2n) is 10.5. The van der Waals surface area contributed by atoms with Gasteiger partial charge >= 0.3 is 0 Å². The zero-order valence-electron chi connectivity index (χ0n) is 23.6. The first-order valence-electron chi connectivity index (χ1n) is 14.2. The van der Waals surface area contributed by atoms with Crippen LogP contribution in [0.25, 0.3) is 0 Å². The van der Waals surface area contributed by atoms with E-state index in [1.165, 1.54) is 6.20 Å². The number of H-pyrrole nitrogens is 1. The van der Waals surface area contributed by atoms with Crippen molar-refractivity contribution < 1.29 is 9.59 Å². The molecule has 2 aromatic heterocycles. The molecule has 2 unspecified atom stereocenters. The fraction of sp³-hybridized carbons (Fsp3) is 0.281. The quantitative estimate of drug-likeness (QED) is 0.209. The predicted octanol–water partition coefficient (Wildman–Crippen LogP) is 4.12. The van der Waals surface area contributed by atoms with E-state index < -0.39 is 0 Å². The van der Waals surface area contributed by atoms with Crippen molar-refractivity contribution in [2.45, 2.75) is 37.9 Å². The van der Waals surface area contributed by atoms with E-state index in [9.17, 15) is 14.9 Å². The minimum absolute atomic E-state index is 0.0568. The van der Waals surface area contributed by atoms with Crippen LogP contribution in [0, 0.1) is 11.3 Å². The number of hydrogen-bond acceptors (Lipinski definition) is 7. The third-order valence-corrected chi connectivity index (χ3v) is 7.89. The number of benzene rings is 2. The Morgan fingerprint density at radius 1 is 1.19 bits per heavy atom. The third-order valence-electron chi connectivity index (χ3n) is 7.65. The van der Waals surface area contributed by atoms with Gasteiger partial charge in [0.1, 0.15) is 5.82 Å². The number of nitrogens with one attached hydrogen (secondary N) is 2. The number of aromatic nitrogens is 3. The van der Waals surface area contributed by atoms with Crippen LogP contribution in [0.3, 0.4) is 0 Å². The van der Waals surface area contributed by atoms with Crippen molar-refractivity contribution >= 4 is 29.2 Å². The largest absolute Gasteiger partial charge is 0.384 e. The fourth-order valence-corrected chi connectivity index (χ4v) is 5.68. The molecule has 1 aliphatic heterocycles. The van der Waals surface area contributed by atoms with E-state index in [2.05, 4.69) is 31.2 Å². The number of carbonyl (C=O) groups excluding carboxylic acids is 2. The molecule has 0 aliphatic carbocycles. The zero-order chi connectivity index (χ0) is 30.2. The first-order valence-corrected chi connectivity index (χ1v) is 14.5. The second-order valence-corrected chi connectivity index (χ2v) is 11.0. The number of aromatic amines is 1. The molecule has 1 aliphatic rings. The molecular weight excluding hydrogens is 564 g/mol. The molecule has 220 valence electrons. The van der Waals surface area contributed by atoms with Crippen molar-refractivity contribution in [1.29, 1.82) is 5.26 Å². The molecule has 11 heteroatoms. The molecule has 3 heterocycles. The Bertz CT molecular complexity index is 1570. The summed E-state index contributed by atoms with van der Waals surface area (Å²) in [5.41, 5.74) is 9.58. The number of nitriles is 1. The van der Waals surface area contributed by atoms with Crippen LogP contribution in [0.2, 0.25) is 5.02 Å². The summed E-state index contributed by atoms with van der Waals surface area (Å²) in [5, 5.41) is 12.8. The molecule has 5 rings (SSSR count). The number of nitrogens with zero attached hydrogens (tertiary/aromatic N) is 5. The Kier molecular flexibility index (Phi) is 9.66. The first kappa shape index (κ1) is 29.8. The van der Waals surface area contributed by atoms with Gasteiger partial charge < -0.3 is 20.9 Å². The number of pyridine rings is 1. The number of anilines is 1. The van der Waals surface area contributed by atoms with Gasteiger partial charge in [-0.3, -0.25) is 14.5 Å². The summed E-state index contributed by atoms with van der Waals surface area (Å²) in [7, 11) is 0. The van der Waals surface area contributed by atoms with E-state index in [0.29, 0.717) is 67.4 Å². The first-order chi connectivity index (χ1) is 20.9. The summed E-state index contributed by atoms with van der Waals surface area (Å²) in [4.78, 5) is 42.2. The molecule has 1 fully saturated rings. The van der Waals surface area contributed by atoms with Crippen LogP contribution < -0.4 is 11.1 Å². The van der Waals surface area contributed by atoms with Crippen LogP contribution >= 0.6 is 11.6 Å². The topological polar surface area (TPSA) is 144 Å². The highest BCUT2D eigenvalue weighted by molar-refractivity contribution is 6.30. The normalized spacial score (nSPS) is 15.4. The van der Waals surface area contributed by atoms with Gasteiger partial charge in [-0.1, -0.05) is 35.9 Å². The number of imidazole rings is 1. The van der Waals surface area contributed by atoms with Gasteiger partial charge in [0.15, 0.2) is 0 Å². The van der Waals surface area contributed by atoms with E-state index in [1.54, 1.807) is 36.8 Å². The molecule has 4 N–H and O–H groups in total. The van der Waals surface area contributed by atoms with E-state index in [-0.39, 0.29) is 23.9 Å². The summed E-state index contributed by atoms with van der Waals surface area (Å²) >= 11 is 6.20. The van der Waals surface area contributed by atoms with E-state index in [0.717, 1.165) is 16.8 Å². The van der Waals surface area contributed by atoms with E-state index in [1.807, 2.05) is 41.3 Å².